The molecule has 2 amide bonds. The number of halogens is 2. The van der Waals surface area contributed by atoms with Crippen molar-refractivity contribution in [2.45, 2.75) is 57.2 Å². The van der Waals surface area contributed by atoms with Crippen LogP contribution >= 0.6 is 0 Å². The highest BCUT2D eigenvalue weighted by molar-refractivity contribution is 5.88. The third kappa shape index (κ3) is 7.62. The first kappa shape index (κ1) is 26.3. The third-order valence-corrected chi connectivity index (χ3v) is 6.68. The normalized spacial score (nSPS) is 14.5. The van der Waals surface area contributed by atoms with Crippen LogP contribution in [0.4, 0.5) is 8.78 Å². The molecule has 7 heteroatoms. The van der Waals surface area contributed by atoms with E-state index >= 15 is 0 Å². The summed E-state index contributed by atoms with van der Waals surface area (Å²) < 4.78 is 33.2. The maximum absolute atomic E-state index is 14.1. The number of nitrogens with one attached hydrogen (secondary N) is 1. The van der Waals surface area contributed by atoms with Gasteiger partial charge in [0, 0.05) is 19.0 Å². The Hall–Kier alpha value is -3.74. The number of hydrogen-bond acceptors (Lipinski definition) is 3. The quantitative estimate of drug-likeness (QED) is 0.399. The highest BCUT2D eigenvalue weighted by Gasteiger charge is 2.32. The Balaban J connectivity index is 1.61. The Morgan fingerprint density at radius 2 is 1.54 bits per heavy atom. The van der Waals surface area contributed by atoms with Crippen molar-refractivity contribution in [2.75, 3.05) is 6.61 Å². The van der Waals surface area contributed by atoms with Gasteiger partial charge in [-0.25, -0.2) is 8.78 Å². The Bertz CT molecular complexity index is 1160. The summed E-state index contributed by atoms with van der Waals surface area (Å²) in [6.45, 7) is -0.362. The van der Waals surface area contributed by atoms with Gasteiger partial charge in [-0.3, -0.25) is 9.59 Å². The van der Waals surface area contributed by atoms with E-state index in [1.54, 1.807) is 18.2 Å². The van der Waals surface area contributed by atoms with Crippen molar-refractivity contribution in [3.63, 3.8) is 0 Å². The van der Waals surface area contributed by atoms with Gasteiger partial charge in [-0.15, -0.1) is 0 Å². The van der Waals surface area contributed by atoms with E-state index < -0.39 is 24.4 Å². The van der Waals surface area contributed by atoms with E-state index in [1.165, 1.54) is 35.2 Å². The van der Waals surface area contributed by atoms with Crippen LogP contribution in [0.3, 0.4) is 0 Å². The molecular formula is C30H32F2N2O3. The van der Waals surface area contributed by atoms with Crippen molar-refractivity contribution in [1.82, 2.24) is 10.2 Å². The monoisotopic (exact) mass is 506 g/mol. The molecule has 1 atom stereocenters. The molecule has 0 spiro atoms. The molecule has 3 aromatic carbocycles. The van der Waals surface area contributed by atoms with Gasteiger partial charge in [0.05, 0.1) is 0 Å². The van der Waals surface area contributed by atoms with Crippen LogP contribution < -0.4 is 10.1 Å². The molecule has 1 fully saturated rings. The number of hydrogen-bond donors (Lipinski definition) is 1. The Kier molecular flexibility index (Phi) is 9.24. The molecule has 4 rings (SSSR count). The van der Waals surface area contributed by atoms with Gasteiger partial charge in [0.2, 0.25) is 5.91 Å². The van der Waals surface area contributed by atoms with E-state index in [-0.39, 0.29) is 30.1 Å². The lowest BCUT2D eigenvalue weighted by Crippen LogP contribution is -2.53. The Morgan fingerprint density at radius 1 is 0.865 bits per heavy atom. The molecule has 1 N–H and O–H groups in total. The van der Waals surface area contributed by atoms with Crippen molar-refractivity contribution in [2.24, 2.45) is 0 Å². The van der Waals surface area contributed by atoms with Crippen LogP contribution in [0, 0.1) is 11.6 Å². The summed E-state index contributed by atoms with van der Waals surface area (Å²) >= 11 is 0. The van der Waals surface area contributed by atoms with Gasteiger partial charge in [-0.2, -0.15) is 0 Å². The number of ether oxygens (including phenoxy) is 1. The average Bonchev–Trinajstić information content (AvgIpc) is 2.92. The van der Waals surface area contributed by atoms with Crippen LogP contribution in [0.15, 0.2) is 78.9 Å². The fourth-order valence-corrected chi connectivity index (χ4v) is 4.67. The summed E-state index contributed by atoms with van der Waals surface area (Å²) in [5, 5.41) is 3.16. The summed E-state index contributed by atoms with van der Waals surface area (Å²) in [5.41, 5.74) is 1.57. The lowest BCUT2D eigenvalue weighted by atomic mass is 9.94. The predicted molar refractivity (Wildman–Crippen MR) is 138 cm³/mol. The summed E-state index contributed by atoms with van der Waals surface area (Å²) in [6, 6.07) is 20.4. The maximum atomic E-state index is 14.1. The number of carbonyl (C=O) groups excluding carboxylic acids is 2. The Morgan fingerprint density at radius 3 is 2.24 bits per heavy atom. The van der Waals surface area contributed by atoms with Gasteiger partial charge in [0.25, 0.3) is 5.91 Å². The van der Waals surface area contributed by atoms with Crippen LogP contribution in [0.1, 0.15) is 43.2 Å². The average molecular weight is 507 g/mol. The number of carbonyl (C=O) groups is 2. The molecule has 194 valence electrons. The molecule has 5 nitrogen and oxygen atoms in total. The van der Waals surface area contributed by atoms with Crippen LogP contribution in [0.5, 0.6) is 5.75 Å². The maximum Gasteiger partial charge on any atom is 0.261 e. The van der Waals surface area contributed by atoms with Gasteiger partial charge in [0.1, 0.15) is 11.9 Å². The van der Waals surface area contributed by atoms with Crippen LogP contribution in [-0.4, -0.2) is 35.4 Å². The van der Waals surface area contributed by atoms with Crippen molar-refractivity contribution in [3.8, 4) is 5.75 Å². The zero-order valence-corrected chi connectivity index (χ0v) is 20.7. The van der Waals surface area contributed by atoms with Gasteiger partial charge >= 0.3 is 0 Å². The standard InChI is InChI=1S/C30H32F2N2O3/c31-24-17-15-23(16-18-24)20-34(29(35)21-37-28-14-8-7-13-26(28)32)27(19-22-9-3-1-4-10-22)30(36)33-25-11-5-2-6-12-25/h1,3-4,7-10,13-18,25,27H,2,5-6,11-12,19-21H2,(H,33,36)/t27-/m1/s1. The molecule has 0 aliphatic heterocycles. The molecule has 3 aromatic rings. The van der Waals surface area contributed by atoms with E-state index in [0.717, 1.165) is 37.7 Å². The molecule has 0 aromatic heterocycles. The van der Waals surface area contributed by atoms with E-state index in [2.05, 4.69) is 5.32 Å². The lowest BCUT2D eigenvalue weighted by molar-refractivity contribution is -0.143. The van der Waals surface area contributed by atoms with E-state index in [4.69, 9.17) is 4.74 Å². The molecule has 1 aliphatic carbocycles. The summed E-state index contributed by atoms with van der Waals surface area (Å²) in [5.74, 6) is -1.70. The first-order valence-electron chi connectivity index (χ1n) is 12.7. The molecule has 0 bridgehead atoms. The minimum Gasteiger partial charge on any atom is -0.481 e. The minimum absolute atomic E-state index is 0.0381. The largest absolute Gasteiger partial charge is 0.481 e. The summed E-state index contributed by atoms with van der Waals surface area (Å²) in [6.07, 6.45) is 5.39. The highest BCUT2D eigenvalue weighted by atomic mass is 19.1. The minimum atomic E-state index is -0.828. The SMILES string of the molecule is O=C(NC1CCCCC1)[C@@H](Cc1ccccc1)N(Cc1ccc(F)cc1)C(=O)COc1ccccc1F. The second-order valence-electron chi connectivity index (χ2n) is 9.42. The Labute approximate surface area is 216 Å². The molecule has 0 unspecified atom stereocenters. The van der Waals surface area contributed by atoms with Crippen molar-refractivity contribution in [1.29, 1.82) is 0 Å². The highest BCUT2D eigenvalue weighted by Crippen LogP contribution is 2.21. The van der Waals surface area contributed by atoms with Crippen LogP contribution in [-0.2, 0) is 22.6 Å². The lowest BCUT2D eigenvalue weighted by Gasteiger charge is -2.33. The smallest absolute Gasteiger partial charge is 0.261 e. The zero-order chi connectivity index (χ0) is 26.0. The van der Waals surface area contributed by atoms with Crippen LogP contribution in [0.2, 0.25) is 0 Å². The number of amides is 2. The van der Waals surface area contributed by atoms with E-state index in [1.807, 2.05) is 30.3 Å². The topological polar surface area (TPSA) is 58.6 Å². The molecule has 1 aliphatic rings. The van der Waals surface area contributed by atoms with Gasteiger partial charge in [-0.1, -0.05) is 73.9 Å². The molecule has 0 radical (unpaired) electrons. The van der Waals surface area contributed by atoms with Gasteiger partial charge in [-0.05, 0) is 48.2 Å². The zero-order valence-electron chi connectivity index (χ0n) is 20.7. The predicted octanol–water partition coefficient (Wildman–Crippen LogP) is 5.43. The number of rotatable bonds is 10. The third-order valence-electron chi connectivity index (χ3n) is 6.68. The summed E-state index contributed by atoms with van der Waals surface area (Å²) in [4.78, 5) is 28.7. The first-order chi connectivity index (χ1) is 18.0. The second-order valence-corrected chi connectivity index (χ2v) is 9.42. The number of nitrogens with zero attached hydrogens (tertiary/aromatic N) is 1. The molecule has 0 saturated heterocycles. The molecule has 1 saturated carbocycles. The van der Waals surface area contributed by atoms with E-state index in [9.17, 15) is 18.4 Å². The van der Waals surface area contributed by atoms with Gasteiger partial charge < -0.3 is 15.0 Å². The van der Waals surface area contributed by atoms with Gasteiger partial charge in [0.15, 0.2) is 18.2 Å². The van der Waals surface area contributed by atoms with Crippen LogP contribution in [0.25, 0.3) is 0 Å². The number of para-hydroxylation sites is 1. The molecule has 37 heavy (non-hydrogen) atoms. The molecule has 0 heterocycles. The van der Waals surface area contributed by atoms with Crippen molar-refractivity contribution < 1.29 is 23.1 Å². The second kappa shape index (κ2) is 13.0. The number of benzene rings is 3. The van der Waals surface area contributed by atoms with Crippen molar-refractivity contribution >= 4 is 11.8 Å². The van der Waals surface area contributed by atoms with E-state index in [0.29, 0.717) is 12.0 Å². The fourth-order valence-electron chi connectivity index (χ4n) is 4.67. The molecular weight excluding hydrogens is 474 g/mol. The first-order valence-corrected chi connectivity index (χ1v) is 12.7. The fraction of sp³-hybridized carbons (Fsp3) is 0.333. The van der Waals surface area contributed by atoms with Crippen molar-refractivity contribution in [3.05, 3.63) is 102 Å². The summed E-state index contributed by atoms with van der Waals surface area (Å²) in [7, 11) is 0.